The number of aromatic nitrogens is 2. The second-order valence-corrected chi connectivity index (χ2v) is 5.28. The Hall–Kier alpha value is -0.830. The highest BCUT2D eigenvalue weighted by atomic mass is 15.3. The molecule has 1 rings (SSSR count). The van der Waals surface area contributed by atoms with Gasteiger partial charge in [0, 0.05) is 19.2 Å². The second-order valence-electron chi connectivity index (χ2n) is 5.28. The summed E-state index contributed by atoms with van der Waals surface area (Å²) in [6.07, 6.45) is 1.01. The molecule has 0 aliphatic rings. The van der Waals surface area contributed by atoms with Gasteiger partial charge in [-0.3, -0.25) is 4.68 Å². The maximum atomic E-state index is 4.63. The number of nitrogens with one attached hydrogen (secondary N) is 1. The first kappa shape index (κ1) is 13.2. The third-order valence-corrected chi connectivity index (χ3v) is 2.87. The molecule has 0 spiro atoms. The van der Waals surface area contributed by atoms with Crippen molar-refractivity contribution in [3.63, 3.8) is 0 Å². The molecule has 0 amide bonds. The Labute approximate surface area is 99.2 Å². The standard InChI is InChI=1S/C13H25N3/c1-7-10-12(13(3,4)5)11(9-14-8-2)16(6)15-10/h14H,7-9H2,1-6H3. The Morgan fingerprint density at radius 2 is 1.88 bits per heavy atom. The number of hydrogen-bond donors (Lipinski definition) is 1. The van der Waals surface area contributed by atoms with Gasteiger partial charge in [0.05, 0.1) is 11.4 Å². The molecule has 1 aromatic heterocycles. The van der Waals surface area contributed by atoms with Gasteiger partial charge < -0.3 is 5.32 Å². The summed E-state index contributed by atoms with van der Waals surface area (Å²) in [5.74, 6) is 0. The molecule has 0 radical (unpaired) electrons. The van der Waals surface area contributed by atoms with Gasteiger partial charge >= 0.3 is 0 Å². The molecule has 1 aromatic rings. The lowest BCUT2D eigenvalue weighted by Gasteiger charge is -2.21. The van der Waals surface area contributed by atoms with E-state index in [2.05, 4.69) is 45.0 Å². The Bertz CT molecular complexity index is 345. The molecule has 0 bridgehead atoms. The van der Waals surface area contributed by atoms with E-state index >= 15 is 0 Å². The van der Waals surface area contributed by atoms with Crippen molar-refractivity contribution in [2.75, 3.05) is 6.54 Å². The van der Waals surface area contributed by atoms with Crippen molar-refractivity contribution in [3.05, 3.63) is 17.0 Å². The lowest BCUT2D eigenvalue weighted by molar-refractivity contribution is 0.561. The fourth-order valence-electron chi connectivity index (χ4n) is 2.18. The Morgan fingerprint density at radius 3 is 2.31 bits per heavy atom. The zero-order chi connectivity index (χ0) is 12.3. The van der Waals surface area contributed by atoms with Crippen LogP contribution in [0.5, 0.6) is 0 Å². The summed E-state index contributed by atoms with van der Waals surface area (Å²) in [4.78, 5) is 0. The molecule has 0 unspecified atom stereocenters. The minimum absolute atomic E-state index is 0.171. The van der Waals surface area contributed by atoms with Gasteiger partial charge in [-0.15, -0.1) is 0 Å². The van der Waals surface area contributed by atoms with E-state index in [0.29, 0.717) is 0 Å². The molecular formula is C13H25N3. The maximum absolute atomic E-state index is 4.63. The van der Waals surface area contributed by atoms with E-state index in [9.17, 15) is 0 Å². The molecule has 0 saturated heterocycles. The van der Waals surface area contributed by atoms with Crippen LogP contribution in [0.1, 0.15) is 51.6 Å². The third kappa shape index (κ3) is 2.64. The molecule has 0 saturated carbocycles. The zero-order valence-electron chi connectivity index (χ0n) is 11.5. The number of hydrogen-bond acceptors (Lipinski definition) is 2. The minimum atomic E-state index is 0.171. The Balaban J connectivity index is 3.18. The van der Waals surface area contributed by atoms with E-state index < -0.39 is 0 Å². The van der Waals surface area contributed by atoms with E-state index in [4.69, 9.17) is 0 Å². The van der Waals surface area contributed by atoms with Crippen LogP contribution in [0, 0.1) is 0 Å². The monoisotopic (exact) mass is 223 g/mol. The fourth-order valence-corrected chi connectivity index (χ4v) is 2.18. The summed E-state index contributed by atoms with van der Waals surface area (Å²) in [6, 6.07) is 0. The quantitative estimate of drug-likeness (QED) is 0.849. The first-order valence-corrected chi connectivity index (χ1v) is 6.17. The number of nitrogens with zero attached hydrogens (tertiary/aromatic N) is 2. The van der Waals surface area contributed by atoms with Gasteiger partial charge in [0.2, 0.25) is 0 Å². The topological polar surface area (TPSA) is 29.9 Å². The molecule has 16 heavy (non-hydrogen) atoms. The second kappa shape index (κ2) is 5.00. The van der Waals surface area contributed by atoms with Gasteiger partial charge in [0.15, 0.2) is 0 Å². The van der Waals surface area contributed by atoms with Crippen LogP contribution >= 0.6 is 0 Å². The molecule has 0 aromatic carbocycles. The minimum Gasteiger partial charge on any atom is -0.311 e. The molecule has 92 valence electrons. The molecular weight excluding hydrogens is 198 g/mol. The van der Waals surface area contributed by atoms with E-state index in [-0.39, 0.29) is 5.41 Å². The summed E-state index contributed by atoms with van der Waals surface area (Å²) in [5, 5.41) is 8.02. The van der Waals surface area contributed by atoms with Crippen LogP contribution in [-0.4, -0.2) is 16.3 Å². The van der Waals surface area contributed by atoms with Gasteiger partial charge in [-0.1, -0.05) is 34.6 Å². The van der Waals surface area contributed by atoms with Gasteiger partial charge in [-0.2, -0.15) is 5.10 Å². The smallest absolute Gasteiger partial charge is 0.0662 e. The molecule has 1 N–H and O–H groups in total. The van der Waals surface area contributed by atoms with Crippen molar-refractivity contribution in [1.29, 1.82) is 0 Å². The highest BCUT2D eigenvalue weighted by molar-refractivity contribution is 5.33. The van der Waals surface area contributed by atoms with Crippen LogP contribution < -0.4 is 5.32 Å². The predicted octanol–water partition coefficient (Wildman–Crippen LogP) is 2.39. The van der Waals surface area contributed by atoms with Crippen LogP contribution in [0.3, 0.4) is 0 Å². The van der Waals surface area contributed by atoms with Crippen LogP contribution in [0.4, 0.5) is 0 Å². The summed E-state index contributed by atoms with van der Waals surface area (Å²) in [7, 11) is 2.04. The van der Waals surface area contributed by atoms with Crippen molar-refractivity contribution in [2.24, 2.45) is 7.05 Å². The van der Waals surface area contributed by atoms with Crippen molar-refractivity contribution >= 4 is 0 Å². The third-order valence-electron chi connectivity index (χ3n) is 2.87. The largest absolute Gasteiger partial charge is 0.311 e. The molecule has 3 heteroatoms. The van der Waals surface area contributed by atoms with Crippen molar-refractivity contribution in [2.45, 2.75) is 53.0 Å². The predicted molar refractivity (Wildman–Crippen MR) is 68.7 cm³/mol. The van der Waals surface area contributed by atoms with Crippen molar-refractivity contribution < 1.29 is 0 Å². The average molecular weight is 223 g/mol. The normalized spacial score (nSPS) is 12.1. The maximum Gasteiger partial charge on any atom is 0.0662 e. The summed E-state index contributed by atoms with van der Waals surface area (Å²) in [5.41, 5.74) is 4.15. The molecule has 0 aliphatic heterocycles. The van der Waals surface area contributed by atoms with Crippen LogP contribution in [0.25, 0.3) is 0 Å². The Morgan fingerprint density at radius 1 is 1.25 bits per heavy atom. The van der Waals surface area contributed by atoms with E-state index in [0.717, 1.165) is 19.5 Å². The summed E-state index contributed by atoms with van der Waals surface area (Å²) >= 11 is 0. The first-order valence-electron chi connectivity index (χ1n) is 6.17. The van der Waals surface area contributed by atoms with Gasteiger partial charge in [-0.25, -0.2) is 0 Å². The lowest BCUT2D eigenvalue weighted by atomic mass is 9.84. The highest BCUT2D eigenvalue weighted by Crippen LogP contribution is 2.29. The SMILES string of the molecule is CCNCc1c(C(C)(C)C)c(CC)nn1C. The fraction of sp³-hybridized carbons (Fsp3) is 0.769. The van der Waals surface area contributed by atoms with Crippen LogP contribution in [-0.2, 0) is 25.4 Å². The Kier molecular flexibility index (Phi) is 4.14. The summed E-state index contributed by atoms with van der Waals surface area (Å²) in [6.45, 7) is 13.0. The van der Waals surface area contributed by atoms with Gasteiger partial charge in [0.1, 0.15) is 0 Å². The van der Waals surface area contributed by atoms with Crippen molar-refractivity contribution in [3.8, 4) is 0 Å². The van der Waals surface area contributed by atoms with E-state index in [1.54, 1.807) is 0 Å². The molecule has 0 atom stereocenters. The van der Waals surface area contributed by atoms with E-state index in [1.807, 2.05) is 11.7 Å². The van der Waals surface area contributed by atoms with Gasteiger partial charge in [-0.05, 0) is 18.4 Å². The summed E-state index contributed by atoms with van der Waals surface area (Å²) < 4.78 is 2.03. The van der Waals surface area contributed by atoms with Crippen LogP contribution in [0.15, 0.2) is 0 Å². The molecule has 0 aliphatic carbocycles. The molecule has 1 heterocycles. The molecule has 3 nitrogen and oxygen atoms in total. The average Bonchev–Trinajstić information content (AvgIpc) is 2.51. The first-order chi connectivity index (χ1) is 7.41. The number of aryl methyl sites for hydroxylation is 2. The number of rotatable bonds is 4. The van der Waals surface area contributed by atoms with E-state index in [1.165, 1.54) is 17.0 Å². The highest BCUT2D eigenvalue weighted by Gasteiger charge is 2.25. The molecule has 0 fully saturated rings. The lowest BCUT2D eigenvalue weighted by Crippen LogP contribution is -2.21. The zero-order valence-corrected chi connectivity index (χ0v) is 11.5. The van der Waals surface area contributed by atoms with Crippen LogP contribution in [0.2, 0.25) is 0 Å². The van der Waals surface area contributed by atoms with Gasteiger partial charge in [0.25, 0.3) is 0 Å². The van der Waals surface area contributed by atoms with Crippen molar-refractivity contribution in [1.82, 2.24) is 15.1 Å².